The number of ether oxygens (including phenoxy) is 1. The number of benzene rings is 1. The van der Waals surface area contributed by atoms with E-state index >= 15 is 0 Å². The fourth-order valence-electron chi connectivity index (χ4n) is 2.71. The number of nitrogens with zero attached hydrogens (tertiary/aromatic N) is 3. The van der Waals surface area contributed by atoms with Crippen molar-refractivity contribution < 1.29 is 9.53 Å². The molecule has 0 fully saturated rings. The number of likely N-dealkylation sites (N-methyl/N-ethyl adjacent to an activating group) is 1. The molecule has 0 saturated carbocycles. The predicted octanol–water partition coefficient (Wildman–Crippen LogP) is 3.58. The number of allylic oxidation sites excluding steroid dienone is 3. The molecule has 3 N–H and O–H groups in total. The van der Waals surface area contributed by atoms with Crippen molar-refractivity contribution >= 4 is 11.7 Å². The highest BCUT2D eigenvalue weighted by Crippen LogP contribution is 2.32. The van der Waals surface area contributed by atoms with Gasteiger partial charge in [-0.25, -0.2) is 4.79 Å². The number of hydrogen-bond acceptors (Lipinski definition) is 4. The van der Waals surface area contributed by atoms with Crippen LogP contribution in [0.2, 0.25) is 0 Å². The number of nitrogens with one attached hydrogen (secondary N) is 1. The van der Waals surface area contributed by atoms with Crippen molar-refractivity contribution in [2.75, 3.05) is 32.1 Å². The van der Waals surface area contributed by atoms with Crippen LogP contribution in [0.25, 0.3) is 11.3 Å². The van der Waals surface area contributed by atoms with E-state index in [1.165, 1.54) is 0 Å². The number of carbonyl (C=O) groups is 1. The topological polar surface area (TPSA) is 85.4 Å². The first-order valence-corrected chi connectivity index (χ1v) is 9.41. The minimum absolute atomic E-state index is 0.218. The minimum Gasteiger partial charge on any atom is -0.492 e. The highest BCUT2D eigenvalue weighted by Gasteiger charge is 2.14. The summed E-state index contributed by atoms with van der Waals surface area (Å²) in [6, 6.07) is 7.18. The van der Waals surface area contributed by atoms with Crippen LogP contribution in [0.1, 0.15) is 6.92 Å². The molecule has 0 radical (unpaired) electrons. The van der Waals surface area contributed by atoms with E-state index in [-0.39, 0.29) is 6.03 Å². The van der Waals surface area contributed by atoms with Crippen molar-refractivity contribution in [2.24, 2.45) is 12.8 Å². The van der Waals surface area contributed by atoms with Gasteiger partial charge in [-0.05, 0) is 36.8 Å². The maximum Gasteiger partial charge on any atom is 0.321 e. The van der Waals surface area contributed by atoms with Gasteiger partial charge in [0.2, 0.25) is 0 Å². The summed E-state index contributed by atoms with van der Waals surface area (Å²) in [6.45, 7) is 7.01. The highest BCUT2D eigenvalue weighted by atomic mass is 16.5. The van der Waals surface area contributed by atoms with Crippen LogP contribution >= 0.6 is 0 Å². The molecule has 2 aromatic rings. The minimum atomic E-state index is -0.218. The van der Waals surface area contributed by atoms with Crippen LogP contribution in [0.3, 0.4) is 0 Å². The predicted molar refractivity (Wildman–Crippen MR) is 118 cm³/mol. The Kier molecular flexibility index (Phi) is 8.24. The Bertz CT molecular complexity index is 898. The summed E-state index contributed by atoms with van der Waals surface area (Å²) in [6.07, 6.45) is 9.24. The van der Waals surface area contributed by atoms with Gasteiger partial charge in [-0.15, -0.1) is 0 Å². The van der Waals surface area contributed by atoms with E-state index in [2.05, 4.69) is 17.0 Å². The third-order valence-electron chi connectivity index (χ3n) is 4.23. The van der Waals surface area contributed by atoms with Crippen LogP contribution in [0.5, 0.6) is 5.75 Å². The number of amides is 2. The number of carbonyl (C=O) groups excluding carboxylic acids is 1. The molecule has 0 aliphatic carbocycles. The molecular weight excluding hydrogens is 366 g/mol. The Balaban J connectivity index is 2.21. The quantitative estimate of drug-likeness (QED) is 0.636. The zero-order valence-corrected chi connectivity index (χ0v) is 17.3. The summed E-state index contributed by atoms with van der Waals surface area (Å²) in [5, 5.41) is 7.15. The molecule has 1 heterocycles. The van der Waals surface area contributed by atoms with Gasteiger partial charge in [0.05, 0.1) is 5.69 Å². The smallest absolute Gasteiger partial charge is 0.321 e. The monoisotopic (exact) mass is 395 g/mol. The maximum atomic E-state index is 12.6. The molecule has 0 aliphatic heterocycles. The van der Waals surface area contributed by atoms with Crippen LogP contribution in [0.15, 0.2) is 66.9 Å². The summed E-state index contributed by atoms with van der Waals surface area (Å²) in [5.74, 6) is 0.689. The molecule has 1 aromatic carbocycles. The molecule has 7 heteroatoms. The number of hydrogen-bond donors (Lipinski definition) is 2. The first-order chi connectivity index (χ1) is 14.0. The van der Waals surface area contributed by atoms with Crippen molar-refractivity contribution in [2.45, 2.75) is 6.92 Å². The summed E-state index contributed by atoms with van der Waals surface area (Å²) in [5.41, 5.74) is 8.89. The SMILES string of the molecule is C=C/C(=C\C=C/C)CN(C)C(=O)Nc1ccc(OCCN)c(-c2ccnn2C)c1. The molecule has 0 unspecified atom stereocenters. The Labute approximate surface area is 172 Å². The summed E-state index contributed by atoms with van der Waals surface area (Å²) >= 11 is 0. The second-order valence-corrected chi connectivity index (χ2v) is 6.45. The first kappa shape index (κ1) is 22.0. The molecular formula is C22H29N5O2. The standard InChI is InChI=1S/C22H29N5O2/c1-5-7-8-17(6-2)16-26(3)22(28)25-18-9-10-21(29-14-12-23)19(15-18)20-11-13-24-27(20)4/h5-11,13,15H,2,12,14,16,23H2,1,3-4H3,(H,25,28)/b7-5-,17-8+. The zero-order chi connectivity index (χ0) is 21.2. The molecule has 2 amide bonds. The lowest BCUT2D eigenvalue weighted by atomic mass is 10.1. The second-order valence-electron chi connectivity index (χ2n) is 6.45. The molecule has 154 valence electrons. The third-order valence-corrected chi connectivity index (χ3v) is 4.23. The van der Waals surface area contributed by atoms with E-state index in [0.717, 1.165) is 16.8 Å². The van der Waals surface area contributed by atoms with Crippen LogP contribution < -0.4 is 15.8 Å². The normalized spacial score (nSPS) is 11.5. The molecule has 0 aliphatic rings. The van der Waals surface area contributed by atoms with Gasteiger partial charge >= 0.3 is 6.03 Å². The average molecular weight is 396 g/mol. The Morgan fingerprint density at radius 1 is 1.41 bits per heavy atom. The summed E-state index contributed by atoms with van der Waals surface area (Å²) in [4.78, 5) is 14.2. The molecule has 7 nitrogen and oxygen atoms in total. The van der Waals surface area contributed by atoms with E-state index in [9.17, 15) is 4.79 Å². The number of aromatic nitrogens is 2. The van der Waals surface area contributed by atoms with Gasteiger partial charge in [0, 0.05) is 44.6 Å². The molecule has 0 bridgehead atoms. The van der Waals surface area contributed by atoms with Gasteiger partial charge in [-0.3, -0.25) is 4.68 Å². The van der Waals surface area contributed by atoms with Crippen LogP contribution in [0.4, 0.5) is 10.5 Å². The van der Waals surface area contributed by atoms with Gasteiger partial charge in [-0.1, -0.05) is 30.9 Å². The first-order valence-electron chi connectivity index (χ1n) is 9.41. The van der Waals surface area contributed by atoms with E-state index in [1.54, 1.807) is 28.9 Å². The van der Waals surface area contributed by atoms with Gasteiger partial charge in [-0.2, -0.15) is 5.10 Å². The number of nitrogens with two attached hydrogens (primary N) is 1. The molecule has 2 rings (SSSR count). The fraction of sp³-hybridized carbons (Fsp3) is 0.273. The molecule has 0 atom stereocenters. The van der Waals surface area contributed by atoms with Crippen molar-refractivity contribution in [3.05, 3.63) is 66.9 Å². The highest BCUT2D eigenvalue weighted by molar-refractivity contribution is 5.90. The lowest BCUT2D eigenvalue weighted by Gasteiger charge is -2.19. The molecule has 1 aromatic heterocycles. The summed E-state index contributed by atoms with van der Waals surface area (Å²) < 4.78 is 7.52. The lowest BCUT2D eigenvalue weighted by Crippen LogP contribution is -2.32. The Morgan fingerprint density at radius 2 is 2.21 bits per heavy atom. The number of anilines is 1. The molecule has 29 heavy (non-hydrogen) atoms. The van der Waals surface area contributed by atoms with Crippen molar-refractivity contribution in [1.82, 2.24) is 14.7 Å². The van der Waals surface area contributed by atoms with Crippen LogP contribution in [-0.4, -0.2) is 47.5 Å². The largest absolute Gasteiger partial charge is 0.492 e. The maximum absolute atomic E-state index is 12.6. The van der Waals surface area contributed by atoms with Gasteiger partial charge in [0.1, 0.15) is 12.4 Å². The van der Waals surface area contributed by atoms with Crippen molar-refractivity contribution in [3.63, 3.8) is 0 Å². The molecule has 0 spiro atoms. The third kappa shape index (κ3) is 6.08. The Hall–Kier alpha value is -3.32. The average Bonchev–Trinajstić information content (AvgIpc) is 3.15. The van der Waals surface area contributed by atoms with Crippen molar-refractivity contribution in [3.8, 4) is 17.0 Å². The van der Waals surface area contributed by atoms with E-state index < -0.39 is 0 Å². The van der Waals surface area contributed by atoms with Crippen LogP contribution in [0, 0.1) is 0 Å². The molecule has 0 saturated heterocycles. The summed E-state index contributed by atoms with van der Waals surface area (Å²) in [7, 11) is 3.60. The fourth-order valence-corrected chi connectivity index (χ4v) is 2.71. The zero-order valence-electron chi connectivity index (χ0n) is 17.3. The Morgan fingerprint density at radius 3 is 2.83 bits per heavy atom. The van der Waals surface area contributed by atoms with Crippen molar-refractivity contribution in [1.29, 1.82) is 0 Å². The van der Waals surface area contributed by atoms with Gasteiger partial charge in [0.15, 0.2) is 0 Å². The number of rotatable bonds is 9. The lowest BCUT2D eigenvalue weighted by molar-refractivity contribution is 0.226. The number of aryl methyl sites for hydroxylation is 1. The van der Waals surface area contributed by atoms with E-state index in [4.69, 9.17) is 10.5 Å². The van der Waals surface area contributed by atoms with Crippen LogP contribution in [-0.2, 0) is 7.05 Å². The van der Waals surface area contributed by atoms with Gasteiger partial charge in [0.25, 0.3) is 0 Å². The number of urea groups is 1. The van der Waals surface area contributed by atoms with Gasteiger partial charge < -0.3 is 20.7 Å². The van der Waals surface area contributed by atoms with E-state index in [1.807, 2.05) is 56.5 Å². The second kappa shape index (κ2) is 10.9. The van der Waals surface area contributed by atoms with E-state index in [0.29, 0.717) is 31.1 Å².